The standard InChI is InChI=1S/C56H35N/c1-2-14-38(15-3-1)54-45-19-4-6-21-47(45)55(48-22-7-5-20-46(48)54)53-33-31-40(35-57-53)37-28-26-36(27-29-37)39-30-32-44-43-18-10-13-25-51(43)56(52(44)34-39)49-23-11-8-16-41(49)42-17-9-12-24-50(42)56/h1-35H. The van der Waals surface area contributed by atoms with Gasteiger partial charge in [-0.3, -0.25) is 4.98 Å². The van der Waals surface area contributed by atoms with Crippen molar-refractivity contribution in [3.63, 3.8) is 0 Å². The predicted octanol–water partition coefficient (Wildman–Crippen LogP) is 14.4. The molecule has 9 aromatic carbocycles. The van der Waals surface area contributed by atoms with Crippen LogP contribution in [0.3, 0.4) is 0 Å². The SMILES string of the molecule is c1ccc(-c2c3ccccc3c(-c3ccc(-c4ccc(-c5ccc6c(c5)C5(c7ccccc7-c7ccccc75)c5ccccc5-6)cc4)cn3)c3ccccc23)cc1. The minimum atomic E-state index is -0.346. The smallest absolute Gasteiger partial charge is 0.0725 e. The van der Waals surface area contributed by atoms with Crippen LogP contribution in [0.25, 0.3) is 88.4 Å². The summed E-state index contributed by atoms with van der Waals surface area (Å²) >= 11 is 0. The van der Waals surface area contributed by atoms with Crippen LogP contribution < -0.4 is 0 Å². The van der Waals surface area contributed by atoms with E-state index >= 15 is 0 Å². The molecule has 12 rings (SSSR count). The van der Waals surface area contributed by atoms with Crippen molar-refractivity contribution in [2.24, 2.45) is 0 Å². The number of rotatable bonds is 4. The van der Waals surface area contributed by atoms with Crippen molar-refractivity contribution >= 4 is 21.5 Å². The fraction of sp³-hybridized carbons (Fsp3) is 0.0179. The van der Waals surface area contributed by atoms with E-state index in [1.54, 1.807) is 0 Å². The van der Waals surface area contributed by atoms with Crippen LogP contribution in [0.15, 0.2) is 212 Å². The van der Waals surface area contributed by atoms with Crippen molar-refractivity contribution in [2.75, 3.05) is 0 Å². The Balaban J connectivity index is 0.931. The topological polar surface area (TPSA) is 12.9 Å². The highest BCUT2D eigenvalue weighted by atomic mass is 14.7. The number of fused-ring (bicyclic) bond motifs is 12. The van der Waals surface area contributed by atoms with Crippen LogP contribution in [0.5, 0.6) is 0 Å². The van der Waals surface area contributed by atoms with Crippen LogP contribution in [0.4, 0.5) is 0 Å². The lowest BCUT2D eigenvalue weighted by Crippen LogP contribution is -2.25. The molecule has 1 heterocycles. The third-order valence-corrected chi connectivity index (χ3v) is 12.6. The van der Waals surface area contributed by atoms with E-state index in [0.29, 0.717) is 0 Å². The molecule has 0 radical (unpaired) electrons. The Morgan fingerprint density at radius 1 is 0.281 bits per heavy atom. The molecule has 2 aliphatic carbocycles. The largest absolute Gasteiger partial charge is 0.256 e. The summed E-state index contributed by atoms with van der Waals surface area (Å²) in [6.45, 7) is 0. The first-order chi connectivity index (χ1) is 28.3. The molecule has 0 fully saturated rings. The van der Waals surface area contributed by atoms with E-state index in [4.69, 9.17) is 4.98 Å². The van der Waals surface area contributed by atoms with Crippen molar-refractivity contribution < 1.29 is 0 Å². The molecule has 1 spiro atoms. The van der Waals surface area contributed by atoms with E-state index in [1.807, 2.05) is 6.20 Å². The van der Waals surface area contributed by atoms with Gasteiger partial charge in [-0.05, 0) is 106 Å². The zero-order valence-electron chi connectivity index (χ0n) is 31.2. The van der Waals surface area contributed by atoms with Crippen molar-refractivity contribution in [1.29, 1.82) is 0 Å². The van der Waals surface area contributed by atoms with E-state index < -0.39 is 0 Å². The van der Waals surface area contributed by atoms with Gasteiger partial charge in [-0.2, -0.15) is 0 Å². The van der Waals surface area contributed by atoms with Crippen LogP contribution >= 0.6 is 0 Å². The Hall–Kier alpha value is -7.35. The zero-order chi connectivity index (χ0) is 37.5. The molecule has 0 saturated heterocycles. The first-order valence-electron chi connectivity index (χ1n) is 19.8. The highest BCUT2D eigenvalue weighted by molar-refractivity contribution is 6.21. The first-order valence-corrected chi connectivity index (χ1v) is 19.8. The lowest BCUT2D eigenvalue weighted by molar-refractivity contribution is 0.794. The van der Waals surface area contributed by atoms with Gasteiger partial charge in [0.05, 0.1) is 11.1 Å². The Morgan fingerprint density at radius 3 is 1.23 bits per heavy atom. The van der Waals surface area contributed by atoms with E-state index in [0.717, 1.165) is 16.8 Å². The van der Waals surface area contributed by atoms with Gasteiger partial charge in [-0.1, -0.05) is 194 Å². The van der Waals surface area contributed by atoms with E-state index in [1.165, 1.54) is 93.9 Å². The maximum Gasteiger partial charge on any atom is 0.0725 e. The fourth-order valence-electron chi connectivity index (χ4n) is 10.2. The lowest BCUT2D eigenvalue weighted by Gasteiger charge is -2.30. The number of aromatic nitrogens is 1. The number of nitrogens with zero attached hydrogens (tertiary/aromatic N) is 1. The Morgan fingerprint density at radius 2 is 0.702 bits per heavy atom. The summed E-state index contributed by atoms with van der Waals surface area (Å²) in [5.74, 6) is 0. The molecule has 0 amide bonds. The van der Waals surface area contributed by atoms with Gasteiger partial charge in [0.2, 0.25) is 0 Å². The summed E-state index contributed by atoms with van der Waals surface area (Å²) in [7, 11) is 0. The monoisotopic (exact) mass is 721 g/mol. The van der Waals surface area contributed by atoms with Gasteiger partial charge < -0.3 is 0 Å². The van der Waals surface area contributed by atoms with Crippen molar-refractivity contribution in [2.45, 2.75) is 5.41 Å². The van der Waals surface area contributed by atoms with Crippen LogP contribution in [0.2, 0.25) is 0 Å². The number of benzene rings is 9. The summed E-state index contributed by atoms with van der Waals surface area (Å²) < 4.78 is 0. The molecule has 1 nitrogen and oxygen atoms in total. The summed E-state index contributed by atoms with van der Waals surface area (Å²) in [5, 5.41) is 4.90. The molecule has 0 N–H and O–H groups in total. The van der Waals surface area contributed by atoms with Gasteiger partial charge >= 0.3 is 0 Å². The molecular weight excluding hydrogens is 687 g/mol. The summed E-state index contributed by atoms with van der Waals surface area (Å²) in [6.07, 6.45) is 2.03. The third-order valence-electron chi connectivity index (χ3n) is 12.6. The van der Waals surface area contributed by atoms with Crippen molar-refractivity contribution in [3.8, 4) is 66.9 Å². The van der Waals surface area contributed by atoms with Crippen LogP contribution in [-0.2, 0) is 5.41 Å². The van der Waals surface area contributed by atoms with Gasteiger partial charge in [0.15, 0.2) is 0 Å². The second-order valence-electron chi connectivity index (χ2n) is 15.4. The second-order valence-corrected chi connectivity index (χ2v) is 15.4. The van der Waals surface area contributed by atoms with Gasteiger partial charge in [-0.15, -0.1) is 0 Å². The quantitative estimate of drug-likeness (QED) is 0.165. The van der Waals surface area contributed by atoms with E-state index in [9.17, 15) is 0 Å². The molecule has 57 heavy (non-hydrogen) atoms. The van der Waals surface area contributed by atoms with E-state index in [-0.39, 0.29) is 5.41 Å². The predicted molar refractivity (Wildman–Crippen MR) is 237 cm³/mol. The molecular formula is C56H35N. The van der Waals surface area contributed by atoms with Crippen LogP contribution in [-0.4, -0.2) is 4.98 Å². The second kappa shape index (κ2) is 12.3. The Kier molecular flexibility index (Phi) is 6.91. The minimum absolute atomic E-state index is 0.346. The molecule has 0 aliphatic heterocycles. The number of hydrogen-bond acceptors (Lipinski definition) is 1. The maximum atomic E-state index is 5.15. The Bertz CT molecular complexity index is 3090. The van der Waals surface area contributed by atoms with Crippen molar-refractivity contribution in [3.05, 3.63) is 235 Å². The highest BCUT2D eigenvalue weighted by Crippen LogP contribution is 2.63. The molecule has 1 aromatic heterocycles. The minimum Gasteiger partial charge on any atom is -0.256 e. The molecule has 2 aliphatic rings. The average Bonchev–Trinajstić information content (AvgIpc) is 3.76. The fourth-order valence-corrected chi connectivity index (χ4v) is 10.2. The third kappa shape index (κ3) is 4.54. The summed E-state index contributed by atoms with van der Waals surface area (Å²) in [5.41, 5.74) is 19.7. The normalized spacial score (nSPS) is 13.1. The summed E-state index contributed by atoms with van der Waals surface area (Å²) in [6, 6.07) is 75.8. The number of pyridine rings is 1. The molecule has 0 unspecified atom stereocenters. The van der Waals surface area contributed by atoms with Gasteiger partial charge in [0.25, 0.3) is 0 Å². The molecule has 10 aromatic rings. The molecule has 0 bridgehead atoms. The molecule has 0 saturated carbocycles. The Labute approximate surface area is 332 Å². The highest BCUT2D eigenvalue weighted by Gasteiger charge is 2.51. The van der Waals surface area contributed by atoms with Crippen molar-refractivity contribution in [1.82, 2.24) is 4.98 Å². The van der Waals surface area contributed by atoms with Gasteiger partial charge in [-0.25, -0.2) is 0 Å². The maximum absolute atomic E-state index is 5.15. The average molecular weight is 722 g/mol. The van der Waals surface area contributed by atoms with Crippen LogP contribution in [0, 0.1) is 0 Å². The molecule has 1 heteroatoms. The molecule has 264 valence electrons. The van der Waals surface area contributed by atoms with E-state index in [2.05, 4.69) is 206 Å². The first kappa shape index (κ1) is 31.9. The van der Waals surface area contributed by atoms with Gasteiger partial charge in [0.1, 0.15) is 0 Å². The number of hydrogen-bond donors (Lipinski definition) is 0. The van der Waals surface area contributed by atoms with Crippen LogP contribution in [0.1, 0.15) is 22.3 Å². The molecule has 0 atom stereocenters. The van der Waals surface area contributed by atoms with Gasteiger partial charge in [0, 0.05) is 17.3 Å². The lowest BCUT2D eigenvalue weighted by atomic mass is 9.70. The summed E-state index contributed by atoms with van der Waals surface area (Å²) in [4.78, 5) is 5.15. The zero-order valence-corrected chi connectivity index (χ0v) is 31.2.